The third-order valence-corrected chi connectivity index (χ3v) is 5.98. The van der Waals surface area contributed by atoms with Crippen molar-refractivity contribution in [1.29, 1.82) is 0 Å². The van der Waals surface area contributed by atoms with Gasteiger partial charge in [0.05, 0.1) is 18.3 Å². The maximum absolute atomic E-state index is 13.2. The monoisotopic (exact) mass is 455 g/mol. The molecule has 2 N–H and O–H groups in total. The molecule has 0 bridgehead atoms. The van der Waals surface area contributed by atoms with Crippen molar-refractivity contribution in [3.8, 4) is 34.2 Å². The minimum absolute atomic E-state index is 0.0277. The molecule has 7 heteroatoms. The number of nitrogens with zero attached hydrogens (tertiary/aromatic N) is 1. The van der Waals surface area contributed by atoms with Gasteiger partial charge in [-0.05, 0) is 61.5 Å². The summed E-state index contributed by atoms with van der Waals surface area (Å²) in [5.41, 5.74) is 4.67. The summed E-state index contributed by atoms with van der Waals surface area (Å²) in [6.07, 6.45) is 3.50. The van der Waals surface area contributed by atoms with Crippen molar-refractivity contribution < 1.29 is 18.3 Å². The number of H-pyrrole nitrogens is 1. The van der Waals surface area contributed by atoms with E-state index in [-0.39, 0.29) is 11.9 Å². The Labute approximate surface area is 195 Å². The molecule has 1 unspecified atom stereocenters. The summed E-state index contributed by atoms with van der Waals surface area (Å²) in [5.74, 6) is 2.36. The zero-order valence-electron chi connectivity index (χ0n) is 18.5. The quantitative estimate of drug-likeness (QED) is 0.308. The first-order valence-corrected chi connectivity index (χ1v) is 11.2. The second-order valence-electron chi connectivity index (χ2n) is 8.20. The molecular weight excluding hydrogens is 433 g/mol. The summed E-state index contributed by atoms with van der Waals surface area (Å²) < 4.78 is 31.3. The zero-order chi connectivity index (χ0) is 23.1. The lowest BCUT2D eigenvalue weighted by molar-refractivity contribution is 0.0778. The molecule has 1 aliphatic heterocycles. The number of rotatable bonds is 4. The van der Waals surface area contributed by atoms with E-state index in [2.05, 4.69) is 28.3 Å². The van der Waals surface area contributed by atoms with Gasteiger partial charge in [0.1, 0.15) is 34.5 Å². The Bertz CT molecular complexity index is 1440. The van der Waals surface area contributed by atoms with Crippen LogP contribution < -0.4 is 10.1 Å². The molecule has 0 saturated heterocycles. The van der Waals surface area contributed by atoms with Gasteiger partial charge in [0, 0.05) is 47.2 Å². The Morgan fingerprint density at radius 3 is 2.53 bits per heavy atom. The fourth-order valence-corrected chi connectivity index (χ4v) is 4.31. The zero-order valence-corrected chi connectivity index (χ0v) is 18.5. The lowest BCUT2D eigenvalue weighted by Gasteiger charge is -2.12. The number of benzene rings is 3. The number of furan rings is 1. The van der Waals surface area contributed by atoms with Gasteiger partial charge in [-0.1, -0.05) is 0 Å². The standard InChI is InChI=1S/C27H22FN3O3/c1-16-21-14-22-24(15-23(21)29-12-13-32-16)34-26(25(22)27-30-10-11-31-27)17-2-6-19(7-3-17)33-20-8-4-18(28)5-9-20/h2-11,14-16,29H,12-13H2,1H3,(H,30,31). The summed E-state index contributed by atoms with van der Waals surface area (Å²) in [7, 11) is 0. The first kappa shape index (κ1) is 20.5. The SMILES string of the molecule is CC1OCCNc2cc3oc(-c4ccc(Oc5ccc(F)cc5)cc4)c(-c4ncc[nH]4)c3cc21. The number of halogens is 1. The van der Waals surface area contributed by atoms with E-state index < -0.39 is 0 Å². The lowest BCUT2D eigenvalue weighted by Crippen LogP contribution is -2.04. The molecule has 3 aromatic carbocycles. The molecule has 5 aromatic rings. The van der Waals surface area contributed by atoms with Crippen molar-refractivity contribution >= 4 is 16.7 Å². The van der Waals surface area contributed by atoms with Crippen LogP contribution >= 0.6 is 0 Å². The first-order chi connectivity index (χ1) is 16.7. The van der Waals surface area contributed by atoms with Gasteiger partial charge < -0.3 is 24.2 Å². The summed E-state index contributed by atoms with van der Waals surface area (Å²) in [6.45, 7) is 3.46. The molecule has 6 nitrogen and oxygen atoms in total. The van der Waals surface area contributed by atoms with Crippen molar-refractivity contribution in [3.63, 3.8) is 0 Å². The maximum atomic E-state index is 13.2. The average molecular weight is 455 g/mol. The summed E-state index contributed by atoms with van der Waals surface area (Å²) in [6, 6.07) is 17.7. The van der Waals surface area contributed by atoms with E-state index >= 15 is 0 Å². The second kappa shape index (κ2) is 8.35. The highest BCUT2D eigenvalue weighted by Gasteiger charge is 2.24. The fraction of sp³-hybridized carbons (Fsp3) is 0.148. The molecule has 6 rings (SSSR count). The molecule has 0 aliphatic carbocycles. The largest absolute Gasteiger partial charge is 0.457 e. The van der Waals surface area contributed by atoms with Gasteiger partial charge in [-0.2, -0.15) is 0 Å². The molecule has 0 fully saturated rings. The van der Waals surface area contributed by atoms with E-state index in [1.165, 1.54) is 12.1 Å². The molecule has 1 atom stereocenters. The molecule has 0 spiro atoms. The normalized spacial score (nSPS) is 15.5. The summed E-state index contributed by atoms with van der Waals surface area (Å²) in [4.78, 5) is 7.73. The maximum Gasteiger partial charge on any atom is 0.146 e. The Morgan fingerprint density at radius 2 is 1.79 bits per heavy atom. The third-order valence-electron chi connectivity index (χ3n) is 5.98. The molecule has 34 heavy (non-hydrogen) atoms. The third kappa shape index (κ3) is 3.70. The Hall–Kier alpha value is -4.10. The van der Waals surface area contributed by atoms with Crippen molar-refractivity contribution in [2.45, 2.75) is 13.0 Å². The molecule has 3 heterocycles. The number of hydrogen-bond acceptors (Lipinski definition) is 5. The fourth-order valence-electron chi connectivity index (χ4n) is 4.31. The van der Waals surface area contributed by atoms with Crippen molar-refractivity contribution in [3.05, 3.63) is 84.4 Å². The highest BCUT2D eigenvalue weighted by molar-refractivity contribution is 6.01. The lowest BCUT2D eigenvalue weighted by atomic mass is 10.0. The number of fused-ring (bicyclic) bond motifs is 2. The molecule has 1 aliphatic rings. The number of aromatic nitrogens is 2. The van der Waals surface area contributed by atoms with Gasteiger partial charge in [-0.25, -0.2) is 9.37 Å². The van der Waals surface area contributed by atoms with Gasteiger partial charge in [0.15, 0.2) is 0 Å². The first-order valence-electron chi connectivity index (χ1n) is 11.2. The van der Waals surface area contributed by atoms with Gasteiger partial charge in [0.25, 0.3) is 0 Å². The minimum Gasteiger partial charge on any atom is -0.457 e. The van der Waals surface area contributed by atoms with Crippen molar-refractivity contribution in [2.24, 2.45) is 0 Å². The van der Waals surface area contributed by atoms with Crippen LogP contribution in [-0.2, 0) is 4.74 Å². The minimum atomic E-state index is -0.300. The Morgan fingerprint density at radius 1 is 1.03 bits per heavy atom. The van der Waals surface area contributed by atoms with Gasteiger partial charge in [-0.3, -0.25) is 0 Å². The number of anilines is 1. The van der Waals surface area contributed by atoms with Crippen LogP contribution in [0.5, 0.6) is 11.5 Å². The molecule has 2 aromatic heterocycles. The summed E-state index contributed by atoms with van der Waals surface area (Å²) in [5, 5.41) is 4.40. The average Bonchev–Trinajstić information content (AvgIpc) is 3.46. The molecule has 0 amide bonds. The highest BCUT2D eigenvalue weighted by Crippen LogP contribution is 2.43. The number of hydrogen-bond donors (Lipinski definition) is 2. The van der Waals surface area contributed by atoms with Crippen LogP contribution in [0.25, 0.3) is 33.7 Å². The Balaban J connectivity index is 1.43. The van der Waals surface area contributed by atoms with Crippen LogP contribution in [-0.4, -0.2) is 23.1 Å². The van der Waals surface area contributed by atoms with E-state index in [1.807, 2.05) is 30.3 Å². The van der Waals surface area contributed by atoms with Crippen LogP contribution in [0.3, 0.4) is 0 Å². The van der Waals surface area contributed by atoms with E-state index in [1.54, 1.807) is 24.5 Å². The highest BCUT2D eigenvalue weighted by atomic mass is 19.1. The van der Waals surface area contributed by atoms with E-state index in [0.29, 0.717) is 23.9 Å². The van der Waals surface area contributed by atoms with Crippen LogP contribution in [0.1, 0.15) is 18.6 Å². The van der Waals surface area contributed by atoms with Gasteiger partial charge in [-0.15, -0.1) is 0 Å². The Kier molecular flexibility index (Phi) is 5.04. The number of imidazole rings is 1. The number of ether oxygens (including phenoxy) is 2. The van der Waals surface area contributed by atoms with E-state index in [4.69, 9.17) is 13.9 Å². The van der Waals surface area contributed by atoms with E-state index in [9.17, 15) is 4.39 Å². The predicted molar refractivity (Wildman–Crippen MR) is 129 cm³/mol. The topological polar surface area (TPSA) is 72.3 Å². The van der Waals surface area contributed by atoms with Crippen molar-refractivity contribution in [2.75, 3.05) is 18.5 Å². The number of nitrogens with one attached hydrogen (secondary N) is 2. The van der Waals surface area contributed by atoms with Crippen LogP contribution in [0.2, 0.25) is 0 Å². The van der Waals surface area contributed by atoms with Crippen LogP contribution in [0, 0.1) is 5.82 Å². The predicted octanol–water partition coefficient (Wildman–Crippen LogP) is 6.92. The summed E-state index contributed by atoms with van der Waals surface area (Å²) >= 11 is 0. The van der Waals surface area contributed by atoms with Crippen molar-refractivity contribution in [1.82, 2.24) is 9.97 Å². The molecule has 0 radical (unpaired) electrons. The van der Waals surface area contributed by atoms with Crippen LogP contribution in [0.15, 0.2) is 77.5 Å². The number of aromatic amines is 1. The second-order valence-corrected chi connectivity index (χ2v) is 8.20. The molecule has 0 saturated carbocycles. The molecular formula is C27H22FN3O3. The smallest absolute Gasteiger partial charge is 0.146 e. The van der Waals surface area contributed by atoms with E-state index in [0.717, 1.165) is 45.7 Å². The molecule has 170 valence electrons. The van der Waals surface area contributed by atoms with Gasteiger partial charge >= 0.3 is 0 Å². The van der Waals surface area contributed by atoms with Crippen LogP contribution in [0.4, 0.5) is 10.1 Å². The van der Waals surface area contributed by atoms with Gasteiger partial charge in [0.2, 0.25) is 0 Å².